The number of carbonyl (C=O) groups excluding carboxylic acids is 1. The van der Waals surface area contributed by atoms with Crippen LogP contribution in [0.1, 0.15) is 43.7 Å². The van der Waals surface area contributed by atoms with Gasteiger partial charge in [-0.2, -0.15) is 5.26 Å². The van der Waals surface area contributed by atoms with Crippen LogP contribution >= 0.6 is 0 Å². The molecule has 0 aliphatic heterocycles. The summed E-state index contributed by atoms with van der Waals surface area (Å²) in [4.78, 5) is 13.9. The van der Waals surface area contributed by atoms with Crippen molar-refractivity contribution in [2.24, 2.45) is 5.92 Å². The summed E-state index contributed by atoms with van der Waals surface area (Å²) < 4.78 is 0. The zero-order valence-electron chi connectivity index (χ0n) is 12.8. The predicted molar refractivity (Wildman–Crippen MR) is 82.6 cm³/mol. The van der Waals surface area contributed by atoms with Crippen LogP contribution in [-0.4, -0.2) is 24.0 Å². The van der Waals surface area contributed by atoms with E-state index in [1.54, 1.807) is 24.1 Å². The van der Waals surface area contributed by atoms with Crippen LogP contribution in [0.5, 0.6) is 0 Å². The van der Waals surface area contributed by atoms with Crippen LogP contribution in [0.15, 0.2) is 24.3 Å². The van der Waals surface area contributed by atoms with Crippen molar-refractivity contribution in [2.45, 2.75) is 45.2 Å². The molecular formula is C17H23N3O. The molecule has 112 valence electrons. The number of hydrogen-bond acceptors (Lipinski definition) is 2. The third-order valence-electron chi connectivity index (χ3n) is 4.19. The number of nitriles is 1. The lowest BCUT2D eigenvalue weighted by Gasteiger charge is -2.29. The molecule has 0 bridgehead atoms. The molecule has 0 radical (unpaired) electrons. The molecule has 4 nitrogen and oxygen atoms in total. The number of rotatable bonds is 3. The number of urea groups is 1. The van der Waals surface area contributed by atoms with Gasteiger partial charge in [0.1, 0.15) is 0 Å². The molecule has 1 N–H and O–H groups in total. The van der Waals surface area contributed by atoms with Crippen LogP contribution in [0.4, 0.5) is 4.79 Å². The molecule has 1 aliphatic rings. The molecule has 0 saturated heterocycles. The van der Waals surface area contributed by atoms with Gasteiger partial charge in [0.05, 0.1) is 11.6 Å². The summed E-state index contributed by atoms with van der Waals surface area (Å²) >= 11 is 0. The van der Waals surface area contributed by atoms with E-state index in [-0.39, 0.29) is 6.03 Å². The van der Waals surface area contributed by atoms with Crippen molar-refractivity contribution in [3.05, 3.63) is 35.4 Å². The summed E-state index contributed by atoms with van der Waals surface area (Å²) in [6.45, 7) is 2.83. The summed E-state index contributed by atoms with van der Waals surface area (Å²) in [7, 11) is 1.80. The van der Waals surface area contributed by atoms with Gasteiger partial charge >= 0.3 is 6.03 Å². The van der Waals surface area contributed by atoms with E-state index >= 15 is 0 Å². The van der Waals surface area contributed by atoms with Gasteiger partial charge < -0.3 is 10.2 Å². The van der Waals surface area contributed by atoms with Crippen molar-refractivity contribution in [3.63, 3.8) is 0 Å². The van der Waals surface area contributed by atoms with Crippen LogP contribution in [0.3, 0.4) is 0 Å². The van der Waals surface area contributed by atoms with Crippen molar-refractivity contribution in [1.82, 2.24) is 10.2 Å². The highest BCUT2D eigenvalue weighted by atomic mass is 16.2. The Balaban J connectivity index is 1.83. The lowest BCUT2D eigenvalue weighted by Crippen LogP contribution is -2.44. The first-order valence-corrected chi connectivity index (χ1v) is 7.59. The number of amides is 2. The summed E-state index contributed by atoms with van der Waals surface area (Å²) in [6.07, 6.45) is 4.56. The highest BCUT2D eigenvalue weighted by Crippen LogP contribution is 2.23. The Hall–Kier alpha value is -2.02. The largest absolute Gasteiger partial charge is 0.335 e. The highest BCUT2D eigenvalue weighted by Gasteiger charge is 2.21. The van der Waals surface area contributed by atoms with Gasteiger partial charge in [0.25, 0.3) is 0 Å². The van der Waals surface area contributed by atoms with Crippen LogP contribution in [0, 0.1) is 17.2 Å². The molecule has 1 aromatic rings. The monoisotopic (exact) mass is 285 g/mol. The van der Waals surface area contributed by atoms with Crippen molar-refractivity contribution >= 4 is 6.03 Å². The van der Waals surface area contributed by atoms with Crippen LogP contribution in [-0.2, 0) is 6.54 Å². The average molecular weight is 285 g/mol. The quantitative estimate of drug-likeness (QED) is 0.926. The fraction of sp³-hybridized carbons (Fsp3) is 0.529. The maximum atomic E-state index is 12.2. The molecule has 1 aromatic carbocycles. The minimum absolute atomic E-state index is 0.0149. The lowest BCUT2D eigenvalue weighted by atomic mass is 9.87. The van der Waals surface area contributed by atoms with E-state index in [4.69, 9.17) is 5.26 Å². The van der Waals surface area contributed by atoms with Crippen LogP contribution in [0.2, 0.25) is 0 Å². The van der Waals surface area contributed by atoms with Crippen molar-refractivity contribution in [3.8, 4) is 6.07 Å². The zero-order chi connectivity index (χ0) is 15.2. The molecule has 0 spiro atoms. The van der Waals surface area contributed by atoms with Gasteiger partial charge in [0.15, 0.2) is 0 Å². The van der Waals surface area contributed by atoms with Gasteiger partial charge in [-0.25, -0.2) is 4.79 Å². The van der Waals surface area contributed by atoms with Gasteiger partial charge in [-0.1, -0.05) is 19.1 Å². The minimum Gasteiger partial charge on any atom is -0.335 e. The SMILES string of the molecule is CC1CCC(NC(=O)N(C)Cc2ccc(C#N)cc2)CC1. The van der Waals surface area contributed by atoms with Gasteiger partial charge in [0, 0.05) is 19.6 Å². The number of hydrogen-bond donors (Lipinski definition) is 1. The topological polar surface area (TPSA) is 56.1 Å². The van der Waals surface area contributed by atoms with E-state index in [0.717, 1.165) is 24.3 Å². The molecule has 0 atom stereocenters. The van der Waals surface area contributed by atoms with Gasteiger partial charge in [-0.3, -0.25) is 0 Å². The zero-order valence-corrected chi connectivity index (χ0v) is 12.8. The number of carbonyl (C=O) groups is 1. The first kappa shape index (κ1) is 15.4. The molecule has 2 rings (SSSR count). The van der Waals surface area contributed by atoms with E-state index in [1.807, 2.05) is 12.1 Å². The molecule has 1 aliphatic carbocycles. The molecule has 0 heterocycles. The molecule has 1 saturated carbocycles. The number of nitrogens with zero attached hydrogens (tertiary/aromatic N) is 2. The van der Waals surface area contributed by atoms with E-state index in [2.05, 4.69) is 18.3 Å². The van der Waals surface area contributed by atoms with E-state index < -0.39 is 0 Å². The summed E-state index contributed by atoms with van der Waals surface area (Å²) in [5.74, 6) is 0.787. The second-order valence-corrected chi connectivity index (χ2v) is 6.07. The summed E-state index contributed by atoms with van der Waals surface area (Å²) in [5, 5.41) is 11.9. The van der Waals surface area contributed by atoms with Gasteiger partial charge in [0.2, 0.25) is 0 Å². The molecule has 0 aromatic heterocycles. The number of nitrogens with one attached hydrogen (secondary N) is 1. The summed E-state index contributed by atoms with van der Waals surface area (Å²) in [6, 6.07) is 9.75. The fourth-order valence-corrected chi connectivity index (χ4v) is 2.72. The highest BCUT2D eigenvalue weighted by molar-refractivity contribution is 5.74. The van der Waals surface area contributed by atoms with Crippen molar-refractivity contribution in [2.75, 3.05) is 7.05 Å². The second-order valence-electron chi connectivity index (χ2n) is 6.07. The van der Waals surface area contributed by atoms with E-state index in [0.29, 0.717) is 18.2 Å². The Morgan fingerprint density at radius 1 is 1.29 bits per heavy atom. The molecule has 4 heteroatoms. The van der Waals surface area contributed by atoms with E-state index in [9.17, 15) is 4.79 Å². The minimum atomic E-state index is -0.0149. The summed E-state index contributed by atoms with van der Waals surface area (Å²) in [5.41, 5.74) is 1.67. The van der Waals surface area contributed by atoms with Crippen molar-refractivity contribution < 1.29 is 4.79 Å². The predicted octanol–water partition coefficient (Wildman–Crippen LogP) is 3.28. The maximum absolute atomic E-state index is 12.2. The van der Waals surface area contributed by atoms with Crippen LogP contribution in [0.25, 0.3) is 0 Å². The fourth-order valence-electron chi connectivity index (χ4n) is 2.72. The van der Waals surface area contributed by atoms with Gasteiger partial charge in [-0.05, 0) is 49.3 Å². The van der Waals surface area contributed by atoms with E-state index in [1.165, 1.54) is 12.8 Å². The van der Waals surface area contributed by atoms with Crippen LogP contribution < -0.4 is 5.32 Å². The van der Waals surface area contributed by atoms with Gasteiger partial charge in [-0.15, -0.1) is 0 Å². The second kappa shape index (κ2) is 7.12. The Morgan fingerprint density at radius 2 is 1.90 bits per heavy atom. The third-order valence-corrected chi connectivity index (χ3v) is 4.19. The third kappa shape index (κ3) is 4.49. The first-order chi connectivity index (χ1) is 10.1. The Morgan fingerprint density at radius 3 is 2.48 bits per heavy atom. The van der Waals surface area contributed by atoms with Crippen molar-refractivity contribution in [1.29, 1.82) is 5.26 Å². The maximum Gasteiger partial charge on any atom is 0.317 e. The average Bonchev–Trinajstić information content (AvgIpc) is 2.50. The molecular weight excluding hydrogens is 262 g/mol. The molecule has 2 amide bonds. The number of benzene rings is 1. The Bertz CT molecular complexity index is 510. The first-order valence-electron chi connectivity index (χ1n) is 7.59. The Labute approximate surface area is 126 Å². The standard InChI is InChI=1S/C17H23N3O/c1-13-3-9-16(10-4-13)19-17(21)20(2)12-15-7-5-14(11-18)6-8-15/h5-8,13,16H,3-4,9-10,12H2,1-2H3,(H,19,21). The molecule has 21 heavy (non-hydrogen) atoms. The normalized spacial score (nSPS) is 21.4. The lowest BCUT2D eigenvalue weighted by molar-refractivity contribution is 0.195. The Kier molecular flexibility index (Phi) is 5.21. The molecule has 1 fully saturated rings. The smallest absolute Gasteiger partial charge is 0.317 e. The molecule has 0 unspecified atom stereocenters.